The predicted octanol–water partition coefficient (Wildman–Crippen LogP) is 6.50. The first-order valence-corrected chi connectivity index (χ1v) is 9.80. The van der Waals surface area contributed by atoms with Crippen molar-refractivity contribution in [1.82, 2.24) is 0 Å². The third-order valence-electron chi connectivity index (χ3n) is 6.32. The molecule has 3 heteroatoms. The average molecular weight is 380 g/mol. The number of benzene rings is 4. The molecule has 1 aliphatic heterocycles. The van der Waals surface area contributed by atoms with Gasteiger partial charge in [0.05, 0.1) is 10.9 Å². The molecule has 4 aromatic carbocycles. The summed E-state index contributed by atoms with van der Waals surface area (Å²) in [5.41, 5.74) is 4.56. The van der Waals surface area contributed by atoms with Crippen molar-refractivity contribution < 1.29 is 13.7 Å². The molecule has 0 radical (unpaired) electrons. The van der Waals surface area contributed by atoms with Gasteiger partial charge in [0.2, 0.25) is 5.69 Å². The number of nitrogens with zero attached hydrogens (tertiary/aromatic N) is 1. The van der Waals surface area contributed by atoms with Crippen LogP contribution in [0.2, 0.25) is 0 Å². The molecular formula is C26H19FNO+. The van der Waals surface area contributed by atoms with Gasteiger partial charge < -0.3 is 4.74 Å². The lowest BCUT2D eigenvalue weighted by molar-refractivity contribution is -0.659. The molecule has 0 N–H and O–H groups in total. The van der Waals surface area contributed by atoms with Gasteiger partial charge in [0, 0.05) is 22.4 Å². The van der Waals surface area contributed by atoms with E-state index in [0.29, 0.717) is 11.1 Å². The van der Waals surface area contributed by atoms with Gasteiger partial charge in [0.1, 0.15) is 24.4 Å². The van der Waals surface area contributed by atoms with Crippen molar-refractivity contribution >= 4 is 32.3 Å². The van der Waals surface area contributed by atoms with Gasteiger partial charge in [0.15, 0.2) is 6.20 Å². The molecule has 0 aliphatic carbocycles. The van der Waals surface area contributed by atoms with E-state index in [1.807, 2.05) is 12.1 Å². The fraction of sp³-hybridized carbons (Fsp3) is 0.115. The third kappa shape index (κ3) is 2.02. The van der Waals surface area contributed by atoms with Crippen LogP contribution in [-0.4, -0.2) is 0 Å². The summed E-state index contributed by atoms with van der Waals surface area (Å²) >= 11 is 0. The number of aryl methyl sites for hydroxylation is 3. The van der Waals surface area contributed by atoms with Gasteiger partial charge >= 0.3 is 0 Å². The van der Waals surface area contributed by atoms with Crippen LogP contribution >= 0.6 is 0 Å². The Bertz CT molecular complexity index is 1520. The summed E-state index contributed by atoms with van der Waals surface area (Å²) in [4.78, 5) is 0. The van der Waals surface area contributed by atoms with E-state index in [0.717, 1.165) is 38.7 Å². The maximum absolute atomic E-state index is 14.6. The second kappa shape index (κ2) is 5.54. The number of hydrogen-bond acceptors (Lipinski definition) is 1. The Balaban J connectivity index is 1.88. The fourth-order valence-corrected chi connectivity index (χ4v) is 4.90. The van der Waals surface area contributed by atoms with Gasteiger partial charge in [-0.25, -0.2) is 8.96 Å². The van der Waals surface area contributed by atoms with Crippen LogP contribution in [0.5, 0.6) is 11.5 Å². The van der Waals surface area contributed by atoms with E-state index in [9.17, 15) is 4.39 Å². The Kier molecular flexibility index (Phi) is 3.15. The fourth-order valence-electron chi connectivity index (χ4n) is 4.90. The Morgan fingerprint density at radius 3 is 2.31 bits per heavy atom. The first-order valence-electron chi connectivity index (χ1n) is 9.80. The van der Waals surface area contributed by atoms with Crippen molar-refractivity contribution in [2.75, 3.05) is 0 Å². The average Bonchev–Trinajstić information content (AvgIpc) is 2.74. The summed E-state index contributed by atoms with van der Waals surface area (Å²) < 4.78 is 23.3. The largest absolute Gasteiger partial charge is 0.455 e. The van der Waals surface area contributed by atoms with Crippen molar-refractivity contribution in [3.05, 3.63) is 77.7 Å². The maximum atomic E-state index is 14.6. The van der Waals surface area contributed by atoms with Gasteiger partial charge in [-0.3, -0.25) is 0 Å². The summed E-state index contributed by atoms with van der Waals surface area (Å²) in [6, 6.07) is 17.6. The lowest BCUT2D eigenvalue weighted by atomic mass is 9.88. The Hall–Kier alpha value is -3.46. The molecule has 0 amide bonds. The maximum Gasteiger partial charge on any atom is 0.228 e. The molecule has 2 heterocycles. The molecule has 2 nitrogen and oxygen atoms in total. The predicted molar refractivity (Wildman–Crippen MR) is 115 cm³/mol. The molecule has 1 aliphatic rings. The van der Waals surface area contributed by atoms with E-state index >= 15 is 0 Å². The van der Waals surface area contributed by atoms with Crippen LogP contribution in [0.25, 0.3) is 43.6 Å². The zero-order chi connectivity index (χ0) is 19.9. The highest BCUT2D eigenvalue weighted by Crippen LogP contribution is 2.51. The highest BCUT2D eigenvalue weighted by atomic mass is 19.1. The molecule has 140 valence electrons. The third-order valence-corrected chi connectivity index (χ3v) is 6.32. The molecule has 0 unspecified atom stereocenters. The first kappa shape index (κ1) is 16.5. The molecule has 0 spiro atoms. The van der Waals surface area contributed by atoms with Crippen molar-refractivity contribution in [2.45, 2.75) is 13.8 Å². The summed E-state index contributed by atoms with van der Waals surface area (Å²) in [6.45, 7) is 4.27. The van der Waals surface area contributed by atoms with Gasteiger partial charge in [-0.15, -0.1) is 0 Å². The topological polar surface area (TPSA) is 13.1 Å². The monoisotopic (exact) mass is 380 g/mol. The minimum absolute atomic E-state index is 0.226. The van der Waals surface area contributed by atoms with Crippen LogP contribution in [0.1, 0.15) is 11.1 Å². The van der Waals surface area contributed by atoms with Crippen LogP contribution in [-0.2, 0) is 7.05 Å². The molecule has 0 bridgehead atoms. The molecule has 6 rings (SSSR count). The molecular weight excluding hydrogens is 361 g/mol. The first-order chi connectivity index (χ1) is 14.1. The Labute approximate surface area is 167 Å². The molecule has 0 fully saturated rings. The number of rotatable bonds is 0. The lowest BCUT2D eigenvalue weighted by Gasteiger charge is -2.24. The van der Waals surface area contributed by atoms with Crippen LogP contribution in [0, 0.1) is 19.7 Å². The quantitative estimate of drug-likeness (QED) is 0.217. The Morgan fingerprint density at radius 2 is 1.52 bits per heavy atom. The minimum Gasteiger partial charge on any atom is -0.455 e. The highest BCUT2D eigenvalue weighted by Gasteiger charge is 2.32. The number of halogens is 1. The van der Waals surface area contributed by atoms with E-state index in [1.165, 1.54) is 22.4 Å². The number of pyridine rings is 1. The summed E-state index contributed by atoms with van der Waals surface area (Å²) in [5.74, 6) is 1.36. The van der Waals surface area contributed by atoms with Crippen LogP contribution in [0.15, 0.2) is 60.8 Å². The van der Waals surface area contributed by atoms with Crippen molar-refractivity contribution in [1.29, 1.82) is 0 Å². The van der Waals surface area contributed by atoms with Gasteiger partial charge in [0.25, 0.3) is 0 Å². The number of aromatic nitrogens is 1. The van der Waals surface area contributed by atoms with Crippen LogP contribution in [0.4, 0.5) is 4.39 Å². The number of hydrogen-bond donors (Lipinski definition) is 0. The number of ether oxygens (including phenoxy) is 1. The molecule has 29 heavy (non-hydrogen) atoms. The van der Waals surface area contributed by atoms with E-state index in [-0.39, 0.29) is 5.82 Å². The Morgan fingerprint density at radius 1 is 0.793 bits per heavy atom. The SMILES string of the molecule is Cc1c2c(c(C)c3ccccc13)-c1c3c(cc4c(F)cccc4c3cc[n+]1C)O2. The van der Waals surface area contributed by atoms with Gasteiger partial charge in [-0.2, -0.15) is 0 Å². The standard InChI is InChI=1S/C26H19FNO/c1-14-16-7-4-5-8-17(16)15(2)26-23(14)25-24-19(11-12-28(25)3)18-9-6-10-21(27)20(18)13-22(24)29-26/h4-13H,1-3H3/q+1. The molecule has 0 saturated carbocycles. The lowest BCUT2D eigenvalue weighted by Crippen LogP contribution is -2.32. The zero-order valence-corrected chi connectivity index (χ0v) is 16.5. The van der Waals surface area contributed by atoms with Crippen LogP contribution < -0.4 is 9.30 Å². The molecule has 0 atom stereocenters. The van der Waals surface area contributed by atoms with E-state index in [1.54, 1.807) is 6.07 Å². The summed E-state index contributed by atoms with van der Waals surface area (Å²) in [6.07, 6.45) is 2.06. The zero-order valence-electron chi connectivity index (χ0n) is 16.5. The second-order valence-electron chi connectivity index (χ2n) is 7.88. The normalized spacial score (nSPS) is 12.4. The van der Waals surface area contributed by atoms with Crippen molar-refractivity contribution in [3.8, 4) is 22.8 Å². The van der Waals surface area contributed by atoms with Crippen molar-refractivity contribution in [2.24, 2.45) is 7.05 Å². The van der Waals surface area contributed by atoms with Gasteiger partial charge in [-0.1, -0.05) is 36.4 Å². The number of fused-ring (bicyclic) bond motifs is 5. The smallest absolute Gasteiger partial charge is 0.228 e. The second-order valence-corrected chi connectivity index (χ2v) is 7.88. The van der Waals surface area contributed by atoms with Crippen molar-refractivity contribution in [3.63, 3.8) is 0 Å². The van der Waals surface area contributed by atoms with E-state index < -0.39 is 0 Å². The summed E-state index contributed by atoms with van der Waals surface area (Å²) in [5, 5.41) is 5.98. The molecule has 0 saturated heterocycles. The van der Waals surface area contributed by atoms with Crippen LogP contribution in [0.3, 0.4) is 0 Å². The van der Waals surface area contributed by atoms with E-state index in [2.05, 4.69) is 62.0 Å². The van der Waals surface area contributed by atoms with Gasteiger partial charge in [-0.05, 0) is 47.7 Å². The molecule has 5 aromatic rings. The van der Waals surface area contributed by atoms with E-state index in [4.69, 9.17) is 4.74 Å². The highest BCUT2D eigenvalue weighted by molar-refractivity contribution is 6.16. The minimum atomic E-state index is -0.226. The summed E-state index contributed by atoms with van der Waals surface area (Å²) in [7, 11) is 2.06. The molecule has 1 aromatic heterocycles.